The molecule has 0 spiro atoms. The molecule has 1 aliphatic heterocycles. The number of pyridine rings is 1. The number of anilines is 2. The number of hydrogen-bond donors (Lipinski definition) is 5. The second-order valence-electron chi connectivity index (χ2n) is 4.87. The smallest absolute Gasteiger partial charge is 0.259 e. The molecule has 5 N–H and O–H groups in total. The highest BCUT2D eigenvalue weighted by Crippen LogP contribution is 2.28. The molecular formula is C14H15N5O3S. The van der Waals surface area contributed by atoms with E-state index in [1.54, 1.807) is 37.4 Å². The van der Waals surface area contributed by atoms with E-state index >= 15 is 0 Å². The first kappa shape index (κ1) is 15.4. The topological polar surface area (TPSA) is 115 Å². The zero-order valence-electron chi connectivity index (χ0n) is 12.2. The van der Waals surface area contributed by atoms with Crippen molar-refractivity contribution in [1.29, 1.82) is 0 Å². The van der Waals surface area contributed by atoms with Crippen LogP contribution in [0.25, 0.3) is 11.3 Å². The maximum atomic E-state index is 12.1. The van der Waals surface area contributed by atoms with Gasteiger partial charge >= 0.3 is 0 Å². The zero-order valence-corrected chi connectivity index (χ0v) is 13.0. The van der Waals surface area contributed by atoms with E-state index in [1.807, 2.05) is 0 Å². The van der Waals surface area contributed by atoms with Gasteiger partial charge < -0.3 is 10.7 Å². The predicted molar refractivity (Wildman–Crippen MR) is 87.9 cm³/mol. The van der Waals surface area contributed by atoms with Gasteiger partial charge in [-0.25, -0.2) is 14.6 Å². The first-order valence-electron chi connectivity index (χ1n) is 6.81. The summed E-state index contributed by atoms with van der Waals surface area (Å²) >= 11 is -2.12. The number of aromatic nitrogens is 1. The molecule has 1 aromatic heterocycles. The number of amides is 1. The Kier molecular flexibility index (Phi) is 4.24. The summed E-state index contributed by atoms with van der Waals surface area (Å²) in [6, 6.07) is 8.60. The molecule has 3 rings (SSSR count). The number of nitrogens with zero attached hydrogens (tertiary/aromatic N) is 1. The molecule has 2 aromatic rings. The summed E-state index contributed by atoms with van der Waals surface area (Å²) in [7, 11) is 1.58. The average Bonchev–Trinajstić information content (AvgIpc) is 3.01. The molecule has 1 unspecified atom stereocenters. The van der Waals surface area contributed by atoms with Gasteiger partial charge in [-0.3, -0.25) is 14.1 Å². The Morgan fingerprint density at radius 2 is 2.09 bits per heavy atom. The summed E-state index contributed by atoms with van der Waals surface area (Å²) in [5.74, 6) is 0.448. The Labute approximate surface area is 135 Å². The van der Waals surface area contributed by atoms with Crippen molar-refractivity contribution in [2.24, 2.45) is 0 Å². The van der Waals surface area contributed by atoms with Crippen LogP contribution in [0.15, 0.2) is 30.3 Å². The average molecular weight is 333 g/mol. The Balaban J connectivity index is 2.00. The van der Waals surface area contributed by atoms with Gasteiger partial charge in [-0.15, -0.1) is 0 Å². The normalized spacial score (nSPS) is 13.8. The number of rotatable bonds is 4. The van der Waals surface area contributed by atoms with Crippen LogP contribution in [0.3, 0.4) is 0 Å². The highest BCUT2D eigenvalue weighted by Gasteiger charge is 2.21. The fourth-order valence-corrected chi connectivity index (χ4v) is 2.70. The van der Waals surface area contributed by atoms with Gasteiger partial charge in [0.05, 0.1) is 5.69 Å². The fraction of sp³-hybridized carbons (Fsp3) is 0.143. The van der Waals surface area contributed by atoms with Gasteiger partial charge in [0.15, 0.2) is 0 Å². The maximum absolute atomic E-state index is 12.1. The molecule has 1 aromatic carbocycles. The summed E-state index contributed by atoms with van der Waals surface area (Å²) in [6.07, 6.45) is 0. The van der Waals surface area contributed by atoms with Crippen molar-refractivity contribution in [3.8, 4) is 11.3 Å². The number of hydrogen-bond acceptors (Lipinski definition) is 5. The molecule has 0 fully saturated rings. The number of carbonyl (C=O) groups excluding carboxylic acids is 1. The first-order valence-corrected chi connectivity index (χ1v) is 7.92. The number of benzene rings is 1. The summed E-state index contributed by atoms with van der Waals surface area (Å²) in [5.41, 5.74) is 9.22. The predicted octanol–water partition coefficient (Wildman–Crippen LogP) is 1.09. The lowest BCUT2D eigenvalue weighted by atomic mass is 10.0. The Morgan fingerprint density at radius 3 is 2.74 bits per heavy atom. The van der Waals surface area contributed by atoms with Gasteiger partial charge in [-0.05, 0) is 18.2 Å². The van der Waals surface area contributed by atoms with Gasteiger partial charge in [0.2, 0.25) is 0 Å². The van der Waals surface area contributed by atoms with Gasteiger partial charge in [0, 0.05) is 36.0 Å². The van der Waals surface area contributed by atoms with Crippen LogP contribution in [0.5, 0.6) is 0 Å². The van der Waals surface area contributed by atoms with Crippen molar-refractivity contribution in [2.75, 3.05) is 17.2 Å². The number of nitrogens with one attached hydrogen (secondary N) is 4. The van der Waals surface area contributed by atoms with Crippen LogP contribution in [0.4, 0.5) is 11.5 Å². The molecule has 0 radical (unpaired) electrons. The van der Waals surface area contributed by atoms with Crippen LogP contribution in [0.2, 0.25) is 0 Å². The van der Waals surface area contributed by atoms with E-state index in [2.05, 4.69) is 25.9 Å². The standard InChI is InChI=1S/C14H15N5O3S/c1-15-14(20)10-6-12(17-13-11(10)7-16-18-13)8-2-4-9(5-3-8)19-23(21)22/h2-6,16,19H,7H2,1H3,(H,15,20)(H,17,18)(H,21,22). The molecule has 0 saturated heterocycles. The van der Waals surface area contributed by atoms with E-state index in [1.165, 1.54) is 0 Å². The van der Waals surface area contributed by atoms with Crippen molar-refractivity contribution >= 4 is 28.7 Å². The van der Waals surface area contributed by atoms with Crippen LogP contribution < -0.4 is 20.9 Å². The van der Waals surface area contributed by atoms with E-state index in [0.29, 0.717) is 29.3 Å². The second-order valence-corrected chi connectivity index (χ2v) is 5.57. The number of hydrazine groups is 1. The SMILES string of the molecule is CNC(=O)c1cc(-c2ccc(NS(=O)O)cc2)nc2c1CNN2. The molecule has 120 valence electrons. The third-order valence-electron chi connectivity index (χ3n) is 3.45. The van der Waals surface area contributed by atoms with Crippen molar-refractivity contribution in [3.63, 3.8) is 0 Å². The molecule has 1 atom stereocenters. The van der Waals surface area contributed by atoms with Crippen molar-refractivity contribution in [2.45, 2.75) is 6.54 Å². The Morgan fingerprint density at radius 1 is 1.35 bits per heavy atom. The molecule has 0 aliphatic carbocycles. The Bertz CT molecular complexity index is 779. The molecular weight excluding hydrogens is 318 g/mol. The highest BCUT2D eigenvalue weighted by atomic mass is 32.2. The monoisotopic (exact) mass is 333 g/mol. The van der Waals surface area contributed by atoms with E-state index in [9.17, 15) is 9.00 Å². The summed E-state index contributed by atoms with van der Waals surface area (Å²) in [5, 5.41) is 2.63. The van der Waals surface area contributed by atoms with Crippen molar-refractivity contribution in [3.05, 3.63) is 41.5 Å². The minimum atomic E-state index is -2.12. The summed E-state index contributed by atoms with van der Waals surface area (Å²) in [4.78, 5) is 16.6. The number of fused-ring (bicyclic) bond motifs is 1. The van der Waals surface area contributed by atoms with Crippen LogP contribution in [-0.4, -0.2) is 26.7 Å². The van der Waals surface area contributed by atoms with E-state index in [-0.39, 0.29) is 5.91 Å². The van der Waals surface area contributed by atoms with Gasteiger partial charge in [-0.2, -0.15) is 0 Å². The molecule has 0 bridgehead atoms. The zero-order chi connectivity index (χ0) is 16.4. The molecule has 8 nitrogen and oxygen atoms in total. The molecule has 1 amide bonds. The number of carbonyl (C=O) groups is 1. The van der Waals surface area contributed by atoms with E-state index < -0.39 is 11.3 Å². The maximum Gasteiger partial charge on any atom is 0.259 e. The minimum Gasteiger partial charge on any atom is -0.355 e. The van der Waals surface area contributed by atoms with Crippen molar-refractivity contribution < 1.29 is 13.6 Å². The van der Waals surface area contributed by atoms with E-state index in [4.69, 9.17) is 4.55 Å². The third-order valence-corrected chi connectivity index (χ3v) is 3.86. The molecule has 1 aliphatic rings. The summed E-state index contributed by atoms with van der Waals surface area (Å²) < 4.78 is 21.9. The summed E-state index contributed by atoms with van der Waals surface area (Å²) in [6.45, 7) is 0.524. The lowest BCUT2D eigenvalue weighted by molar-refractivity contribution is 0.0962. The fourth-order valence-electron chi connectivity index (χ4n) is 2.37. The van der Waals surface area contributed by atoms with Gasteiger partial charge in [0.1, 0.15) is 5.82 Å². The Hall–Kier alpha value is -2.49. The van der Waals surface area contributed by atoms with Crippen molar-refractivity contribution in [1.82, 2.24) is 15.7 Å². The van der Waals surface area contributed by atoms with Crippen LogP contribution in [-0.2, 0) is 17.8 Å². The van der Waals surface area contributed by atoms with Crippen LogP contribution in [0.1, 0.15) is 15.9 Å². The third kappa shape index (κ3) is 3.16. The minimum absolute atomic E-state index is 0.177. The largest absolute Gasteiger partial charge is 0.355 e. The van der Waals surface area contributed by atoms with Gasteiger partial charge in [-0.1, -0.05) is 12.1 Å². The van der Waals surface area contributed by atoms with Crippen LogP contribution >= 0.6 is 0 Å². The quantitative estimate of drug-likeness (QED) is 0.535. The van der Waals surface area contributed by atoms with E-state index in [0.717, 1.165) is 11.1 Å². The highest BCUT2D eigenvalue weighted by molar-refractivity contribution is 7.80. The molecule has 0 saturated carbocycles. The first-order chi connectivity index (χ1) is 11.1. The lowest BCUT2D eigenvalue weighted by Gasteiger charge is -2.10. The van der Waals surface area contributed by atoms with Crippen LogP contribution in [0, 0.1) is 0 Å². The molecule has 23 heavy (non-hydrogen) atoms. The molecule has 2 heterocycles. The van der Waals surface area contributed by atoms with Gasteiger partial charge in [0.25, 0.3) is 17.2 Å². The lowest BCUT2D eigenvalue weighted by Crippen LogP contribution is -2.20. The second kappa shape index (κ2) is 6.32. The molecule has 9 heteroatoms.